The fourth-order valence-corrected chi connectivity index (χ4v) is 3.17. The molecule has 3 heteroatoms. The monoisotopic (exact) mass is 275 g/mol. The van der Waals surface area contributed by atoms with E-state index < -0.39 is 11.4 Å². The molecule has 2 rings (SSSR count). The van der Waals surface area contributed by atoms with Crippen LogP contribution in [0.2, 0.25) is 0 Å². The van der Waals surface area contributed by atoms with E-state index in [1.165, 1.54) is 5.56 Å². The minimum absolute atomic E-state index is 0.578. The third-order valence-electron chi connectivity index (χ3n) is 4.67. The molecule has 1 fully saturated rings. The third-order valence-corrected chi connectivity index (χ3v) is 4.67. The third kappa shape index (κ3) is 3.14. The first-order valence-corrected chi connectivity index (χ1v) is 7.44. The van der Waals surface area contributed by atoms with Gasteiger partial charge in [-0.05, 0) is 56.2 Å². The highest BCUT2D eigenvalue weighted by molar-refractivity contribution is 5.76. The van der Waals surface area contributed by atoms with Crippen LogP contribution >= 0.6 is 0 Å². The summed E-state index contributed by atoms with van der Waals surface area (Å²) in [5.41, 5.74) is 1.73. The molecule has 0 heterocycles. The Morgan fingerprint density at radius 1 is 1.40 bits per heavy atom. The van der Waals surface area contributed by atoms with Crippen molar-refractivity contribution in [1.29, 1.82) is 0 Å². The number of hydrogen-bond donors (Lipinski definition) is 1. The summed E-state index contributed by atoms with van der Waals surface area (Å²) in [6, 6.07) is 8.25. The summed E-state index contributed by atoms with van der Waals surface area (Å²) in [5.74, 6) is 0.0238. The van der Waals surface area contributed by atoms with Gasteiger partial charge in [0.2, 0.25) is 0 Å². The Labute approximate surface area is 121 Å². The lowest BCUT2D eigenvalue weighted by molar-refractivity contribution is -0.150. The average Bonchev–Trinajstić information content (AvgIpc) is 2.41. The summed E-state index contributed by atoms with van der Waals surface area (Å²) in [6.45, 7) is 4.88. The maximum absolute atomic E-state index is 11.8. The zero-order valence-electron chi connectivity index (χ0n) is 12.7. The standard InChI is InChI=1S/C17H25NO2/c1-13-7-9-17(10-8-13,16(19)20)12-18(3)15-6-4-5-14(2)11-15/h4-6,11,13H,7-10,12H2,1-3H3,(H,19,20). The molecule has 0 bridgehead atoms. The van der Waals surface area contributed by atoms with Gasteiger partial charge in [-0.2, -0.15) is 0 Å². The van der Waals surface area contributed by atoms with Crippen LogP contribution in [0.15, 0.2) is 24.3 Å². The molecule has 0 aromatic heterocycles. The zero-order valence-corrected chi connectivity index (χ0v) is 12.7. The number of carboxylic acid groups (broad SMARTS) is 1. The second kappa shape index (κ2) is 5.86. The fraction of sp³-hybridized carbons (Fsp3) is 0.588. The van der Waals surface area contributed by atoms with Gasteiger partial charge in [0.05, 0.1) is 5.41 Å². The smallest absolute Gasteiger partial charge is 0.311 e. The van der Waals surface area contributed by atoms with Crippen molar-refractivity contribution in [3.63, 3.8) is 0 Å². The van der Waals surface area contributed by atoms with Crippen LogP contribution in [0, 0.1) is 18.3 Å². The van der Waals surface area contributed by atoms with E-state index in [0.29, 0.717) is 12.5 Å². The predicted octanol–water partition coefficient (Wildman–Crippen LogP) is 3.71. The molecule has 1 N–H and O–H groups in total. The van der Waals surface area contributed by atoms with Crippen molar-refractivity contribution in [2.75, 3.05) is 18.5 Å². The number of carbonyl (C=O) groups is 1. The van der Waals surface area contributed by atoms with Crippen LogP contribution in [-0.4, -0.2) is 24.7 Å². The SMILES string of the molecule is Cc1cccc(N(C)CC2(C(=O)O)CCC(C)CC2)c1. The van der Waals surface area contributed by atoms with E-state index in [-0.39, 0.29) is 0 Å². The Morgan fingerprint density at radius 2 is 2.05 bits per heavy atom. The van der Waals surface area contributed by atoms with Crippen LogP contribution in [0.5, 0.6) is 0 Å². The maximum Gasteiger partial charge on any atom is 0.311 e. The normalized spacial score (nSPS) is 26.2. The number of carboxylic acids is 1. The lowest BCUT2D eigenvalue weighted by atomic mass is 9.70. The first kappa shape index (κ1) is 14.9. The fourth-order valence-electron chi connectivity index (χ4n) is 3.17. The highest BCUT2D eigenvalue weighted by Crippen LogP contribution is 2.40. The van der Waals surface area contributed by atoms with Crippen LogP contribution in [0.3, 0.4) is 0 Å². The minimum atomic E-state index is -0.635. The molecule has 0 amide bonds. The Kier molecular flexibility index (Phi) is 4.36. The Bertz CT molecular complexity index is 476. The second-order valence-electron chi connectivity index (χ2n) is 6.46. The minimum Gasteiger partial charge on any atom is -0.481 e. The number of benzene rings is 1. The number of hydrogen-bond acceptors (Lipinski definition) is 2. The summed E-state index contributed by atoms with van der Waals surface area (Å²) >= 11 is 0. The Hall–Kier alpha value is -1.51. The molecule has 0 radical (unpaired) electrons. The van der Waals surface area contributed by atoms with E-state index in [9.17, 15) is 9.90 Å². The first-order valence-electron chi connectivity index (χ1n) is 7.44. The van der Waals surface area contributed by atoms with Crippen LogP contribution in [0.25, 0.3) is 0 Å². The molecule has 110 valence electrons. The van der Waals surface area contributed by atoms with Crippen molar-refractivity contribution in [2.24, 2.45) is 11.3 Å². The molecule has 0 aliphatic heterocycles. The molecule has 0 saturated heterocycles. The maximum atomic E-state index is 11.8. The number of nitrogens with zero attached hydrogens (tertiary/aromatic N) is 1. The summed E-state index contributed by atoms with van der Waals surface area (Å²) in [4.78, 5) is 13.9. The van der Waals surface area contributed by atoms with Gasteiger partial charge in [0.15, 0.2) is 0 Å². The van der Waals surface area contributed by atoms with E-state index in [4.69, 9.17) is 0 Å². The van der Waals surface area contributed by atoms with Gasteiger partial charge in [0, 0.05) is 19.3 Å². The van der Waals surface area contributed by atoms with Crippen LogP contribution in [-0.2, 0) is 4.79 Å². The summed E-state index contributed by atoms with van der Waals surface area (Å²) in [5, 5.41) is 9.70. The molecular weight excluding hydrogens is 250 g/mol. The average molecular weight is 275 g/mol. The molecule has 20 heavy (non-hydrogen) atoms. The van der Waals surface area contributed by atoms with Crippen molar-refractivity contribution in [3.8, 4) is 0 Å². The quantitative estimate of drug-likeness (QED) is 0.910. The van der Waals surface area contributed by atoms with Crippen molar-refractivity contribution in [2.45, 2.75) is 39.5 Å². The topological polar surface area (TPSA) is 40.5 Å². The summed E-state index contributed by atoms with van der Waals surface area (Å²) in [6.07, 6.45) is 3.63. The van der Waals surface area contributed by atoms with Crippen molar-refractivity contribution >= 4 is 11.7 Å². The number of rotatable bonds is 4. The van der Waals surface area contributed by atoms with E-state index in [2.05, 4.69) is 30.9 Å². The van der Waals surface area contributed by atoms with Gasteiger partial charge in [-0.3, -0.25) is 4.79 Å². The highest BCUT2D eigenvalue weighted by atomic mass is 16.4. The molecule has 3 nitrogen and oxygen atoms in total. The molecule has 1 aliphatic rings. The van der Waals surface area contributed by atoms with Crippen molar-refractivity contribution < 1.29 is 9.90 Å². The lowest BCUT2D eigenvalue weighted by Crippen LogP contribution is -2.44. The van der Waals surface area contributed by atoms with Crippen LogP contribution in [0.4, 0.5) is 5.69 Å². The van der Waals surface area contributed by atoms with Gasteiger partial charge in [0.1, 0.15) is 0 Å². The van der Waals surface area contributed by atoms with E-state index in [0.717, 1.165) is 31.4 Å². The summed E-state index contributed by atoms with van der Waals surface area (Å²) < 4.78 is 0. The summed E-state index contributed by atoms with van der Waals surface area (Å²) in [7, 11) is 2.00. The molecule has 1 saturated carbocycles. The number of aryl methyl sites for hydroxylation is 1. The van der Waals surface area contributed by atoms with Crippen LogP contribution in [0.1, 0.15) is 38.2 Å². The lowest BCUT2D eigenvalue weighted by Gasteiger charge is -2.39. The number of anilines is 1. The zero-order chi connectivity index (χ0) is 14.8. The molecule has 1 aromatic carbocycles. The van der Waals surface area contributed by atoms with E-state index in [1.807, 2.05) is 19.2 Å². The predicted molar refractivity (Wildman–Crippen MR) is 82.1 cm³/mol. The van der Waals surface area contributed by atoms with Gasteiger partial charge < -0.3 is 10.0 Å². The largest absolute Gasteiger partial charge is 0.481 e. The van der Waals surface area contributed by atoms with Gasteiger partial charge in [0.25, 0.3) is 0 Å². The second-order valence-corrected chi connectivity index (χ2v) is 6.46. The van der Waals surface area contributed by atoms with Gasteiger partial charge in [-0.15, -0.1) is 0 Å². The molecule has 1 aromatic rings. The first-order chi connectivity index (χ1) is 9.43. The van der Waals surface area contributed by atoms with Crippen molar-refractivity contribution in [3.05, 3.63) is 29.8 Å². The van der Waals surface area contributed by atoms with Gasteiger partial charge in [-0.1, -0.05) is 19.1 Å². The molecular formula is C17H25NO2. The van der Waals surface area contributed by atoms with E-state index >= 15 is 0 Å². The molecule has 0 unspecified atom stereocenters. The van der Waals surface area contributed by atoms with Crippen molar-refractivity contribution in [1.82, 2.24) is 0 Å². The van der Waals surface area contributed by atoms with Gasteiger partial charge in [-0.25, -0.2) is 0 Å². The Balaban J connectivity index is 2.14. The molecule has 0 spiro atoms. The van der Waals surface area contributed by atoms with Gasteiger partial charge >= 0.3 is 5.97 Å². The Morgan fingerprint density at radius 3 is 2.60 bits per heavy atom. The van der Waals surface area contributed by atoms with Crippen LogP contribution < -0.4 is 4.90 Å². The van der Waals surface area contributed by atoms with E-state index in [1.54, 1.807) is 0 Å². The number of aliphatic carboxylic acids is 1. The highest BCUT2D eigenvalue weighted by Gasteiger charge is 2.42. The molecule has 1 aliphatic carbocycles. The molecule has 0 atom stereocenters.